The van der Waals surface area contributed by atoms with Crippen LogP contribution in [0.1, 0.15) is 28.7 Å². The Morgan fingerprint density at radius 2 is 2.00 bits per heavy atom. The fourth-order valence-electron chi connectivity index (χ4n) is 1.66. The lowest BCUT2D eigenvalue weighted by molar-refractivity contribution is 0.0518. The largest absolute Gasteiger partial charge is 0.461 e. The summed E-state index contributed by atoms with van der Waals surface area (Å²) in [5.74, 6) is -0.435. The van der Waals surface area contributed by atoms with Crippen molar-refractivity contribution in [2.45, 2.75) is 20.8 Å². The van der Waals surface area contributed by atoms with Crippen molar-refractivity contribution in [3.8, 4) is 5.69 Å². The zero-order valence-electron chi connectivity index (χ0n) is 10.7. The molecule has 0 saturated heterocycles. The van der Waals surface area contributed by atoms with Gasteiger partial charge in [-0.05, 0) is 32.4 Å². The van der Waals surface area contributed by atoms with Gasteiger partial charge in [0.25, 0.3) is 0 Å². The molecule has 2 aromatic rings. The van der Waals surface area contributed by atoms with Crippen LogP contribution in [0.2, 0.25) is 0 Å². The highest BCUT2D eigenvalue weighted by Gasteiger charge is 2.17. The highest BCUT2D eigenvalue weighted by atomic mass is 16.5. The standard InChI is InChI=1S/C13H15N3O2/c1-4-18-13(17)12-10(3)14-16(15-12)11-8-6-5-7-9(11)2/h5-8H,4H2,1-3H3. The molecular formula is C13H15N3O2. The predicted octanol–water partition coefficient (Wildman–Crippen LogP) is 2.06. The van der Waals surface area contributed by atoms with E-state index in [2.05, 4.69) is 10.2 Å². The minimum absolute atomic E-state index is 0.264. The summed E-state index contributed by atoms with van der Waals surface area (Å²) in [6.07, 6.45) is 0. The Balaban J connectivity index is 2.41. The molecule has 2 rings (SSSR count). The molecule has 0 bridgehead atoms. The van der Waals surface area contributed by atoms with Gasteiger partial charge < -0.3 is 4.74 Å². The molecule has 94 valence electrons. The fraction of sp³-hybridized carbons (Fsp3) is 0.308. The lowest BCUT2D eigenvalue weighted by atomic mass is 10.2. The van der Waals surface area contributed by atoms with E-state index in [9.17, 15) is 4.79 Å². The minimum Gasteiger partial charge on any atom is -0.461 e. The zero-order valence-corrected chi connectivity index (χ0v) is 10.7. The van der Waals surface area contributed by atoms with Gasteiger partial charge in [-0.1, -0.05) is 18.2 Å². The highest BCUT2D eigenvalue weighted by molar-refractivity contribution is 5.88. The van der Waals surface area contributed by atoms with Gasteiger partial charge in [0.2, 0.25) is 0 Å². The molecule has 1 heterocycles. The molecule has 0 fully saturated rings. The van der Waals surface area contributed by atoms with Crippen molar-refractivity contribution in [2.75, 3.05) is 6.61 Å². The molecule has 0 amide bonds. The second-order valence-electron chi connectivity index (χ2n) is 3.93. The molecule has 1 aromatic carbocycles. The van der Waals surface area contributed by atoms with Crippen LogP contribution in [0.3, 0.4) is 0 Å². The van der Waals surface area contributed by atoms with Gasteiger partial charge in [0.05, 0.1) is 18.0 Å². The number of para-hydroxylation sites is 1. The van der Waals surface area contributed by atoms with Crippen molar-refractivity contribution in [3.05, 3.63) is 41.2 Å². The number of carbonyl (C=O) groups excluding carboxylic acids is 1. The molecule has 0 radical (unpaired) electrons. The molecule has 0 aliphatic rings. The molecule has 0 atom stereocenters. The Labute approximate surface area is 105 Å². The fourth-order valence-corrected chi connectivity index (χ4v) is 1.66. The Morgan fingerprint density at radius 3 is 2.67 bits per heavy atom. The van der Waals surface area contributed by atoms with Crippen LogP contribution in [0.4, 0.5) is 0 Å². The maximum atomic E-state index is 11.7. The Morgan fingerprint density at radius 1 is 1.28 bits per heavy atom. The number of benzene rings is 1. The van der Waals surface area contributed by atoms with E-state index in [0.717, 1.165) is 11.3 Å². The summed E-state index contributed by atoms with van der Waals surface area (Å²) in [5.41, 5.74) is 2.73. The number of aromatic nitrogens is 3. The topological polar surface area (TPSA) is 57.0 Å². The van der Waals surface area contributed by atoms with E-state index in [1.54, 1.807) is 13.8 Å². The molecule has 18 heavy (non-hydrogen) atoms. The van der Waals surface area contributed by atoms with Crippen molar-refractivity contribution in [2.24, 2.45) is 0 Å². The third kappa shape index (κ3) is 2.25. The van der Waals surface area contributed by atoms with E-state index < -0.39 is 5.97 Å². The Kier molecular flexibility index (Phi) is 3.41. The molecule has 0 unspecified atom stereocenters. The minimum atomic E-state index is -0.435. The SMILES string of the molecule is CCOC(=O)c1nn(-c2ccccc2C)nc1C. The van der Waals surface area contributed by atoms with Crippen LogP contribution in [0.5, 0.6) is 0 Å². The van der Waals surface area contributed by atoms with Crippen LogP contribution in [0.15, 0.2) is 24.3 Å². The lowest BCUT2D eigenvalue weighted by Crippen LogP contribution is -2.08. The number of hydrogen-bond donors (Lipinski definition) is 0. The van der Waals surface area contributed by atoms with Gasteiger partial charge in [0.1, 0.15) is 0 Å². The quantitative estimate of drug-likeness (QED) is 0.777. The average Bonchev–Trinajstić information content (AvgIpc) is 2.72. The highest BCUT2D eigenvalue weighted by Crippen LogP contribution is 2.13. The van der Waals surface area contributed by atoms with Gasteiger partial charge in [-0.3, -0.25) is 0 Å². The van der Waals surface area contributed by atoms with Crippen molar-refractivity contribution < 1.29 is 9.53 Å². The van der Waals surface area contributed by atoms with Crippen molar-refractivity contribution >= 4 is 5.97 Å². The van der Waals surface area contributed by atoms with Crippen LogP contribution >= 0.6 is 0 Å². The first-order chi connectivity index (χ1) is 8.63. The number of rotatable bonds is 3. The molecule has 0 spiro atoms. The normalized spacial score (nSPS) is 10.4. The second kappa shape index (κ2) is 5.00. The summed E-state index contributed by atoms with van der Waals surface area (Å²) in [7, 11) is 0. The first-order valence-corrected chi connectivity index (χ1v) is 5.80. The molecule has 5 heteroatoms. The van der Waals surface area contributed by atoms with E-state index in [0.29, 0.717) is 12.3 Å². The summed E-state index contributed by atoms with van der Waals surface area (Å²) < 4.78 is 4.93. The summed E-state index contributed by atoms with van der Waals surface area (Å²) in [5, 5.41) is 8.44. The van der Waals surface area contributed by atoms with Crippen LogP contribution in [0.25, 0.3) is 5.69 Å². The molecule has 0 aliphatic heterocycles. The lowest BCUT2D eigenvalue weighted by Gasteiger charge is -2.02. The number of aryl methyl sites for hydroxylation is 2. The summed E-state index contributed by atoms with van der Waals surface area (Å²) >= 11 is 0. The first kappa shape index (κ1) is 12.3. The van der Waals surface area contributed by atoms with Crippen LogP contribution in [-0.2, 0) is 4.74 Å². The smallest absolute Gasteiger partial charge is 0.360 e. The van der Waals surface area contributed by atoms with Crippen molar-refractivity contribution in [1.82, 2.24) is 15.0 Å². The van der Waals surface area contributed by atoms with Crippen LogP contribution < -0.4 is 0 Å². The van der Waals surface area contributed by atoms with E-state index in [4.69, 9.17) is 4.74 Å². The monoisotopic (exact) mass is 245 g/mol. The van der Waals surface area contributed by atoms with Crippen molar-refractivity contribution in [1.29, 1.82) is 0 Å². The zero-order chi connectivity index (χ0) is 13.1. The van der Waals surface area contributed by atoms with Crippen molar-refractivity contribution in [3.63, 3.8) is 0 Å². The molecular weight excluding hydrogens is 230 g/mol. The maximum absolute atomic E-state index is 11.7. The van der Waals surface area contributed by atoms with E-state index in [1.165, 1.54) is 4.80 Å². The number of esters is 1. The van der Waals surface area contributed by atoms with Gasteiger partial charge >= 0.3 is 5.97 Å². The molecule has 5 nitrogen and oxygen atoms in total. The molecule has 0 aliphatic carbocycles. The number of nitrogens with zero attached hydrogens (tertiary/aromatic N) is 3. The first-order valence-electron chi connectivity index (χ1n) is 5.80. The summed E-state index contributed by atoms with van der Waals surface area (Å²) in [6.45, 7) is 5.81. The van der Waals surface area contributed by atoms with Crippen LogP contribution in [0, 0.1) is 13.8 Å². The number of ether oxygens (including phenoxy) is 1. The van der Waals surface area contributed by atoms with E-state index >= 15 is 0 Å². The van der Waals surface area contributed by atoms with Crippen LogP contribution in [-0.4, -0.2) is 27.6 Å². The number of hydrogen-bond acceptors (Lipinski definition) is 4. The average molecular weight is 245 g/mol. The summed E-state index contributed by atoms with van der Waals surface area (Å²) in [6, 6.07) is 7.73. The van der Waals surface area contributed by atoms with E-state index in [1.807, 2.05) is 31.2 Å². The van der Waals surface area contributed by atoms with Gasteiger partial charge in [-0.15, -0.1) is 5.10 Å². The Hall–Kier alpha value is -2.17. The maximum Gasteiger partial charge on any atom is 0.360 e. The molecule has 0 saturated carbocycles. The third-order valence-corrected chi connectivity index (χ3v) is 2.58. The predicted molar refractivity (Wildman–Crippen MR) is 66.8 cm³/mol. The second-order valence-corrected chi connectivity index (χ2v) is 3.93. The Bertz CT molecular complexity index is 575. The summed E-state index contributed by atoms with van der Waals surface area (Å²) in [4.78, 5) is 13.1. The molecule has 1 aromatic heterocycles. The van der Waals surface area contributed by atoms with Gasteiger partial charge in [-0.2, -0.15) is 9.90 Å². The van der Waals surface area contributed by atoms with Gasteiger partial charge in [0, 0.05) is 0 Å². The van der Waals surface area contributed by atoms with Gasteiger partial charge in [-0.25, -0.2) is 4.79 Å². The molecule has 0 N–H and O–H groups in total. The van der Waals surface area contributed by atoms with Gasteiger partial charge in [0.15, 0.2) is 5.69 Å². The van der Waals surface area contributed by atoms with E-state index in [-0.39, 0.29) is 5.69 Å². The third-order valence-electron chi connectivity index (χ3n) is 2.58. The number of carbonyl (C=O) groups is 1.